The lowest BCUT2D eigenvalue weighted by Crippen LogP contribution is -2.67. The average molecular weight is 433 g/mol. The molecule has 2 N–H and O–H groups in total. The van der Waals surface area contributed by atoms with Gasteiger partial charge in [-0.2, -0.15) is 0 Å². The maximum absolute atomic E-state index is 14.9. The Morgan fingerprint density at radius 3 is 2.73 bits per heavy atom. The van der Waals surface area contributed by atoms with Gasteiger partial charge in [-0.3, -0.25) is 4.79 Å². The number of carbonyl (C=O) groups is 2. The van der Waals surface area contributed by atoms with Gasteiger partial charge >= 0.3 is 6.09 Å². The molecule has 2 aromatic heterocycles. The van der Waals surface area contributed by atoms with Crippen LogP contribution in [0.25, 0.3) is 11.3 Å². The van der Waals surface area contributed by atoms with E-state index < -0.39 is 16.8 Å². The van der Waals surface area contributed by atoms with Crippen molar-refractivity contribution in [2.75, 3.05) is 19.6 Å². The Morgan fingerprint density at radius 2 is 2.03 bits per heavy atom. The number of aryl methyl sites for hydroxylation is 1. The van der Waals surface area contributed by atoms with Gasteiger partial charge in [0.05, 0.1) is 16.7 Å². The molecule has 7 nitrogen and oxygen atoms in total. The molecule has 4 heterocycles. The van der Waals surface area contributed by atoms with Crippen LogP contribution in [0.5, 0.6) is 0 Å². The Balaban J connectivity index is 1.54. The zero-order valence-corrected chi connectivity index (χ0v) is 17.7. The van der Waals surface area contributed by atoms with Crippen molar-refractivity contribution in [3.05, 3.63) is 39.6 Å². The molecule has 0 saturated carbocycles. The number of halogens is 2. The molecule has 1 aliphatic carbocycles. The van der Waals surface area contributed by atoms with Gasteiger partial charge in [0.2, 0.25) is 0 Å². The number of likely N-dealkylation sites (tertiary alicyclic amines) is 1. The zero-order chi connectivity index (χ0) is 21.4. The van der Waals surface area contributed by atoms with E-state index in [2.05, 4.69) is 15.3 Å². The maximum Gasteiger partial charge on any atom is 0.410 e. The van der Waals surface area contributed by atoms with Gasteiger partial charge in [0, 0.05) is 37.1 Å². The van der Waals surface area contributed by atoms with Gasteiger partial charge in [0.15, 0.2) is 11.0 Å². The number of hydrogen-bond acceptors (Lipinski definition) is 4. The fourth-order valence-corrected chi connectivity index (χ4v) is 4.85. The number of nitrogens with zero attached hydrogens (tertiary/aromatic N) is 2. The van der Waals surface area contributed by atoms with E-state index in [4.69, 9.17) is 16.3 Å². The van der Waals surface area contributed by atoms with Crippen molar-refractivity contribution in [2.45, 2.75) is 44.6 Å². The van der Waals surface area contributed by atoms with Gasteiger partial charge < -0.3 is 19.9 Å². The van der Waals surface area contributed by atoms with Gasteiger partial charge in [-0.25, -0.2) is 14.2 Å². The van der Waals surface area contributed by atoms with Gasteiger partial charge in [-0.1, -0.05) is 11.6 Å². The van der Waals surface area contributed by atoms with Crippen molar-refractivity contribution in [1.82, 2.24) is 20.2 Å². The fourth-order valence-electron chi connectivity index (χ4n) is 4.71. The molecular weight excluding hydrogens is 411 g/mol. The average Bonchev–Trinajstić information content (AvgIpc) is 3.02. The highest BCUT2D eigenvalue weighted by Crippen LogP contribution is 2.45. The summed E-state index contributed by atoms with van der Waals surface area (Å²) in [6.07, 6.45) is 2.40. The fraction of sp³-hybridized carbons (Fsp3) is 0.476. The molecule has 0 atom stereocenters. The molecule has 9 heteroatoms. The lowest BCUT2D eigenvalue weighted by molar-refractivity contribution is -0.0113. The highest BCUT2D eigenvalue weighted by atomic mass is 35.5. The van der Waals surface area contributed by atoms with Gasteiger partial charge in [0.25, 0.3) is 5.91 Å². The number of pyridine rings is 1. The molecule has 3 aliphatic rings. The lowest BCUT2D eigenvalue weighted by atomic mass is 9.72. The van der Waals surface area contributed by atoms with E-state index in [1.165, 1.54) is 0 Å². The molecule has 2 aromatic rings. The van der Waals surface area contributed by atoms with Crippen molar-refractivity contribution in [3.8, 4) is 11.3 Å². The van der Waals surface area contributed by atoms with Crippen LogP contribution in [0.4, 0.5) is 9.18 Å². The van der Waals surface area contributed by atoms with E-state index in [9.17, 15) is 14.0 Å². The van der Waals surface area contributed by atoms with Gasteiger partial charge in [-0.15, -0.1) is 0 Å². The summed E-state index contributed by atoms with van der Waals surface area (Å²) in [5.41, 5.74) is 2.85. The summed E-state index contributed by atoms with van der Waals surface area (Å²) in [5, 5.41) is 2.77. The Kier molecular flexibility index (Phi) is 4.00. The molecular formula is C21H22ClFN4O3. The Hall–Kier alpha value is -2.61. The van der Waals surface area contributed by atoms with E-state index in [0.717, 1.165) is 16.8 Å². The van der Waals surface area contributed by atoms with Crippen LogP contribution in [0.1, 0.15) is 48.0 Å². The lowest BCUT2D eigenvalue weighted by Gasteiger charge is -2.51. The normalized spacial score (nSPS) is 18.8. The summed E-state index contributed by atoms with van der Waals surface area (Å²) in [5.74, 6) is -0.750. The molecule has 0 radical (unpaired) electrons. The van der Waals surface area contributed by atoms with Crippen LogP contribution in [0.2, 0.25) is 5.15 Å². The van der Waals surface area contributed by atoms with Crippen LogP contribution in [0.3, 0.4) is 0 Å². The number of amides is 2. The smallest absolute Gasteiger partial charge is 0.410 e. The SMILES string of the molecule is CC(C)(C)OC(=O)N1CC2(CNC(=O)c3c2[nH]c2c3CCc3cnc(Cl)c(F)c3-2)C1. The predicted octanol–water partition coefficient (Wildman–Crippen LogP) is 3.20. The third kappa shape index (κ3) is 2.73. The second-order valence-electron chi connectivity index (χ2n) is 9.29. The first kappa shape index (κ1) is 19.4. The summed E-state index contributed by atoms with van der Waals surface area (Å²) in [4.78, 5) is 34.0. The van der Waals surface area contributed by atoms with Crippen LogP contribution in [0.15, 0.2) is 6.20 Å². The summed E-state index contributed by atoms with van der Waals surface area (Å²) < 4.78 is 20.3. The summed E-state index contributed by atoms with van der Waals surface area (Å²) in [6, 6.07) is 0. The van der Waals surface area contributed by atoms with Gasteiger partial charge in [0.1, 0.15) is 5.60 Å². The summed E-state index contributed by atoms with van der Waals surface area (Å²) in [7, 11) is 0. The second kappa shape index (κ2) is 6.20. The zero-order valence-electron chi connectivity index (χ0n) is 17.0. The largest absolute Gasteiger partial charge is 0.444 e. The van der Waals surface area contributed by atoms with Crippen molar-refractivity contribution >= 4 is 23.6 Å². The van der Waals surface area contributed by atoms with E-state index in [-0.39, 0.29) is 17.2 Å². The number of H-pyrrole nitrogens is 1. The molecule has 1 saturated heterocycles. The van der Waals surface area contributed by atoms with Crippen LogP contribution in [0, 0.1) is 5.82 Å². The van der Waals surface area contributed by atoms with Crippen LogP contribution < -0.4 is 5.32 Å². The Bertz CT molecular complexity index is 1100. The number of rotatable bonds is 0. The molecule has 158 valence electrons. The number of aromatic amines is 1. The summed E-state index contributed by atoms with van der Waals surface area (Å²) >= 11 is 5.93. The molecule has 0 bridgehead atoms. The second-order valence-corrected chi connectivity index (χ2v) is 9.65. The third-order valence-corrected chi connectivity index (χ3v) is 6.30. The first-order valence-corrected chi connectivity index (χ1v) is 10.3. The van der Waals surface area contributed by atoms with Crippen molar-refractivity contribution in [2.24, 2.45) is 0 Å². The molecule has 0 aromatic carbocycles. The molecule has 30 heavy (non-hydrogen) atoms. The Morgan fingerprint density at radius 1 is 1.30 bits per heavy atom. The van der Waals surface area contributed by atoms with Crippen molar-refractivity contribution in [3.63, 3.8) is 0 Å². The first-order chi connectivity index (χ1) is 14.1. The minimum absolute atomic E-state index is 0.173. The third-order valence-electron chi connectivity index (χ3n) is 6.04. The minimum atomic E-state index is -0.578. The molecule has 1 spiro atoms. The van der Waals surface area contributed by atoms with Crippen molar-refractivity contribution in [1.29, 1.82) is 0 Å². The summed E-state index contributed by atoms with van der Waals surface area (Å²) in [6.45, 7) is 6.71. The molecule has 5 rings (SSSR count). The maximum atomic E-state index is 14.9. The first-order valence-electron chi connectivity index (χ1n) is 9.94. The number of aromatic nitrogens is 2. The number of carbonyl (C=O) groups excluding carboxylic acids is 2. The van der Waals surface area contributed by atoms with E-state index >= 15 is 0 Å². The van der Waals surface area contributed by atoms with Crippen molar-refractivity contribution < 1.29 is 18.7 Å². The topological polar surface area (TPSA) is 87.3 Å². The molecule has 1 fully saturated rings. The van der Waals surface area contributed by atoms with Crippen LogP contribution >= 0.6 is 11.6 Å². The standard InChI is InChI=1S/C21H22ClFN4O3/c1-20(2,3)30-19(29)27-8-21(9-27)7-25-18(28)13-11-5-4-10-6-24-17(22)14(23)12(10)15(11)26-16(13)21/h6,26H,4-5,7-9H2,1-3H3,(H,25,28). The predicted molar refractivity (Wildman–Crippen MR) is 108 cm³/mol. The van der Waals surface area contributed by atoms with E-state index in [0.29, 0.717) is 49.3 Å². The molecule has 2 aliphatic heterocycles. The molecule has 2 amide bonds. The van der Waals surface area contributed by atoms with Crippen LogP contribution in [-0.4, -0.2) is 52.1 Å². The highest BCUT2D eigenvalue weighted by molar-refractivity contribution is 6.29. The number of fused-ring (bicyclic) bond motifs is 6. The number of hydrogen-bond donors (Lipinski definition) is 2. The quantitative estimate of drug-likeness (QED) is 0.626. The van der Waals surface area contributed by atoms with E-state index in [1.807, 2.05) is 20.8 Å². The Labute approximate surface area is 177 Å². The monoisotopic (exact) mass is 432 g/mol. The van der Waals surface area contributed by atoms with E-state index in [1.54, 1.807) is 11.1 Å². The van der Waals surface area contributed by atoms with Gasteiger partial charge in [-0.05, 0) is 44.7 Å². The number of ether oxygens (including phenoxy) is 1. The van der Waals surface area contributed by atoms with Crippen LogP contribution in [-0.2, 0) is 23.0 Å². The number of nitrogens with one attached hydrogen (secondary N) is 2. The minimum Gasteiger partial charge on any atom is -0.444 e. The molecule has 0 unspecified atom stereocenters. The highest BCUT2D eigenvalue weighted by Gasteiger charge is 2.53.